The van der Waals surface area contributed by atoms with E-state index in [1.54, 1.807) is 18.2 Å². The zero-order chi connectivity index (χ0) is 22.3. The van der Waals surface area contributed by atoms with Crippen LogP contribution in [-0.4, -0.2) is 29.4 Å². The van der Waals surface area contributed by atoms with Gasteiger partial charge in [0, 0.05) is 18.1 Å². The fraction of sp³-hybridized carbons (Fsp3) is 0.455. The Hall–Kier alpha value is -2.59. The second kappa shape index (κ2) is 8.08. The van der Waals surface area contributed by atoms with Gasteiger partial charge in [-0.15, -0.1) is 0 Å². The number of carbonyl (C=O) groups excluding carboxylic acids is 1. The van der Waals surface area contributed by atoms with Crippen molar-refractivity contribution in [3.05, 3.63) is 42.7 Å². The highest BCUT2D eigenvalue weighted by Crippen LogP contribution is 2.60. The van der Waals surface area contributed by atoms with Crippen LogP contribution in [0.15, 0.2) is 47.6 Å². The number of benzene rings is 1. The second-order valence-electron chi connectivity index (χ2n) is 9.31. The predicted molar refractivity (Wildman–Crippen MR) is 124 cm³/mol. The van der Waals surface area contributed by atoms with Crippen LogP contribution in [0.4, 0.5) is 11.6 Å². The molecule has 1 aromatic carbocycles. The summed E-state index contributed by atoms with van der Waals surface area (Å²) in [6.45, 7) is 0. The zero-order valence-corrected chi connectivity index (χ0v) is 19.1. The maximum Gasteiger partial charge on any atom is 0.264 e. The minimum Gasteiger partial charge on any atom is -0.332 e. The molecule has 4 aliphatic carbocycles. The molecule has 4 fully saturated rings. The van der Waals surface area contributed by atoms with Crippen LogP contribution >= 0.6 is 12.2 Å². The van der Waals surface area contributed by atoms with Crippen molar-refractivity contribution < 1.29 is 13.2 Å². The van der Waals surface area contributed by atoms with E-state index in [1.807, 2.05) is 0 Å². The van der Waals surface area contributed by atoms with Crippen molar-refractivity contribution in [3.63, 3.8) is 0 Å². The largest absolute Gasteiger partial charge is 0.332 e. The maximum absolute atomic E-state index is 13.1. The van der Waals surface area contributed by atoms with Crippen molar-refractivity contribution >= 4 is 44.9 Å². The average Bonchev–Trinajstić information content (AvgIpc) is 2.73. The molecule has 32 heavy (non-hydrogen) atoms. The van der Waals surface area contributed by atoms with E-state index >= 15 is 0 Å². The van der Waals surface area contributed by atoms with Gasteiger partial charge in [0.1, 0.15) is 0 Å². The van der Waals surface area contributed by atoms with Crippen LogP contribution in [0.2, 0.25) is 0 Å². The van der Waals surface area contributed by atoms with Gasteiger partial charge in [0.2, 0.25) is 11.9 Å². The Balaban J connectivity index is 1.20. The number of rotatable bonds is 5. The molecule has 1 heterocycles. The molecule has 8 nitrogen and oxygen atoms in total. The van der Waals surface area contributed by atoms with Crippen molar-refractivity contribution in [2.24, 2.45) is 23.2 Å². The monoisotopic (exact) mass is 471 g/mol. The Kier molecular flexibility index (Phi) is 5.37. The first-order chi connectivity index (χ1) is 15.3. The summed E-state index contributed by atoms with van der Waals surface area (Å²) in [5.74, 6) is 2.07. The quantitative estimate of drug-likeness (QED) is 0.574. The number of aromatic nitrogens is 2. The third-order valence-corrected chi connectivity index (χ3v) is 8.51. The summed E-state index contributed by atoms with van der Waals surface area (Å²) in [4.78, 5) is 20.9. The lowest BCUT2D eigenvalue weighted by atomic mass is 9.49. The molecule has 168 valence electrons. The Morgan fingerprint density at radius 3 is 2.09 bits per heavy atom. The maximum atomic E-state index is 13.1. The van der Waals surface area contributed by atoms with Crippen LogP contribution < -0.4 is 15.4 Å². The van der Waals surface area contributed by atoms with Crippen molar-refractivity contribution in [3.8, 4) is 0 Å². The van der Waals surface area contributed by atoms with Gasteiger partial charge in [-0.25, -0.2) is 23.1 Å². The van der Waals surface area contributed by atoms with E-state index in [4.69, 9.17) is 12.2 Å². The number of hydrogen-bond donors (Lipinski definition) is 3. The zero-order valence-electron chi connectivity index (χ0n) is 17.5. The molecule has 0 atom stereocenters. The molecule has 10 heteroatoms. The van der Waals surface area contributed by atoms with Crippen LogP contribution in [0.5, 0.6) is 0 Å². The van der Waals surface area contributed by atoms with Gasteiger partial charge in [0.25, 0.3) is 10.0 Å². The molecular weight excluding hydrogens is 446 g/mol. The van der Waals surface area contributed by atoms with Crippen LogP contribution in [0.25, 0.3) is 0 Å². The number of amides is 1. The van der Waals surface area contributed by atoms with Crippen LogP contribution in [0.3, 0.4) is 0 Å². The van der Waals surface area contributed by atoms with Crippen LogP contribution in [-0.2, 0) is 14.8 Å². The van der Waals surface area contributed by atoms with E-state index in [2.05, 4.69) is 25.3 Å². The van der Waals surface area contributed by atoms with Crippen molar-refractivity contribution in [2.45, 2.75) is 43.4 Å². The Morgan fingerprint density at radius 1 is 0.969 bits per heavy atom. The first-order valence-electron chi connectivity index (χ1n) is 10.8. The summed E-state index contributed by atoms with van der Waals surface area (Å²) in [6.07, 6.45) is 9.64. The molecule has 6 rings (SSSR count). The number of anilines is 2. The first-order valence-corrected chi connectivity index (χ1v) is 12.7. The number of thiocarbonyl (C=S) groups is 1. The van der Waals surface area contributed by atoms with E-state index in [1.165, 1.54) is 43.8 Å². The number of sulfonamides is 1. The van der Waals surface area contributed by atoms with Gasteiger partial charge in [-0.2, -0.15) is 0 Å². The molecular formula is C22H25N5O3S2. The number of nitrogens with one attached hydrogen (secondary N) is 3. The van der Waals surface area contributed by atoms with Crippen LogP contribution in [0, 0.1) is 23.2 Å². The van der Waals surface area contributed by atoms with Crippen molar-refractivity contribution in [1.29, 1.82) is 0 Å². The third kappa shape index (κ3) is 4.21. The summed E-state index contributed by atoms with van der Waals surface area (Å²) >= 11 is 5.37. The number of carbonyl (C=O) groups is 1. The summed E-state index contributed by atoms with van der Waals surface area (Å²) in [7, 11) is -3.81. The summed E-state index contributed by atoms with van der Waals surface area (Å²) in [6, 6.07) is 7.71. The lowest BCUT2D eigenvalue weighted by Crippen LogP contribution is -2.55. The lowest BCUT2D eigenvalue weighted by molar-refractivity contribution is -0.144. The molecule has 0 aliphatic heterocycles. The van der Waals surface area contributed by atoms with E-state index in [-0.39, 0.29) is 27.3 Å². The van der Waals surface area contributed by atoms with Gasteiger partial charge in [-0.05, 0) is 98.8 Å². The molecule has 1 amide bonds. The smallest absolute Gasteiger partial charge is 0.264 e. The Bertz CT molecular complexity index is 1100. The first kappa shape index (κ1) is 21.3. The molecule has 2 aromatic rings. The molecule has 4 saturated carbocycles. The van der Waals surface area contributed by atoms with Gasteiger partial charge in [-0.3, -0.25) is 4.79 Å². The fourth-order valence-corrected chi connectivity index (χ4v) is 7.20. The molecule has 0 saturated heterocycles. The SMILES string of the molecule is O=C(NC(=S)Nc1ccc(S(=O)(=O)Nc2ncccn2)cc1)C12CC3CC(CC(C3)C1)C2. The fourth-order valence-electron chi connectivity index (χ4n) is 6.04. The molecule has 1 aromatic heterocycles. The number of nitrogens with zero attached hydrogens (tertiary/aromatic N) is 2. The highest BCUT2D eigenvalue weighted by atomic mass is 32.2. The summed E-state index contributed by atoms with van der Waals surface area (Å²) in [5, 5.41) is 6.12. The van der Waals surface area contributed by atoms with Crippen molar-refractivity contribution in [1.82, 2.24) is 15.3 Å². The molecule has 0 spiro atoms. The normalized spacial score (nSPS) is 28.2. The van der Waals surface area contributed by atoms with E-state index in [0.29, 0.717) is 23.4 Å². The van der Waals surface area contributed by atoms with Gasteiger partial charge in [-0.1, -0.05) is 0 Å². The molecule has 3 N–H and O–H groups in total. The van der Waals surface area contributed by atoms with Gasteiger partial charge in [0.05, 0.1) is 10.3 Å². The van der Waals surface area contributed by atoms with Gasteiger partial charge in [0.15, 0.2) is 5.11 Å². The highest BCUT2D eigenvalue weighted by molar-refractivity contribution is 7.92. The molecule has 0 unspecified atom stereocenters. The Labute approximate surface area is 192 Å². The van der Waals surface area contributed by atoms with Crippen molar-refractivity contribution in [2.75, 3.05) is 10.0 Å². The molecule has 4 aliphatic rings. The topological polar surface area (TPSA) is 113 Å². The Morgan fingerprint density at radius 2 is 1.53 bits per heavy atom. The highest BCUT2D eigenvalue weighted by Gasteiger charge is 2.54. The van der Waals surface area contributed by atoms with Gasteiger partial charge >= 0.3 is 0 Å². The molecule has 0 radical (unpaired) electrons. The average molecular weight is 472 g/mol. The third-order valence-electron chi connectivity index (χ3n) is 6.96. The minimum atomic E-state index is -3.81. The second-order valence-corrected chi connectivity index (χ2v) is 11.4. The van der Waals surface area contributed by atoms with Crippen LogP contribution in [0.1, 0.15) is 38.5 Å². The van der Waals surface area contributed by atoms with E-state index < -0.39 is 10.0 Å². The minimum absolute atomic E-state index is 0.00303. The van der Waals surface area contributed by atoms with E-state index in [9.17, 15) is 13.2 Å². The number of hydrogen-bond acceptors (Lipinski definition) is 6. The summed E-state index contributed by atoms with van der Waals surface area (Å²) < 4.78 is 27.3. The van der Waals surface area contributed by atoms with E-state index in [0.717, 1.165) is 19.3 Å². The summed E-state index contributed by atoms with van der Waals surface area (Å²) in [5.41, 5.74) is 0.319. The lowest BCUT2D eigenvalue weighted by Gasteiger charge is -2.55. The molecule has 4 bridgehead atoms. The van der Waals surface area contributed by atoms with Gasteiger partial charge < -0.3 is 10.6 Å². The predicted octanol–water partition coefficient (Wildman–Crippen LogP) is 3.31. The standard InChI is InChI=1S/C22H25N5O3S2/c28-19(22-11-14-8-15(12-22)10-16(9-14)13-22)26-21(31)25-17-2-4-18(5-3-17)32(29,30)27-20-23-6-1-7-24-20/h1-7,14-16H,8-13H2,(H,23,24,27)(H2,25,26,28,31).